The zero-order valence-electron chi connectivity index (χ0n) is 13.5. The Morgan fingerprint density at radius 1 is 1.04 bits per heavy atom. The van der Waals surface area contributed by atoms with Crippen molar-refractivity contribution in [1.82, 2.24) is 9.47 Å². The fourth-order valence-electron chi connectivity index (χ4n) is 2.61. The number of benzene rings is 2. The summed E-state index contributed by atoms with van der Waals surface area (Å²) in [4.78, 5) is 2.15. The van der Waals surface area contributed by atoms with E-state index in [0.717, 1.165) is 35.3 Å². The van der Waals surface area contributed by atoms with Crippen LogP contribution >= 0.6 is 0 Å². The van der Waals surface area contributed by atoms with E-state index in [1.807, 2.05) is 35.0 Å². The Kier molecular flexibility index (Phi) is 4.63. The van der Waals surface area contributed by atoms with E-state index in [-0.39, 0.29) is 5.82 Å². The molecular weight excluding hydrogens is 291 g/mol. The van der Waals surface area contributed by atoms with E-state index in [9.17, 15) is 4.39 Å². The Balaban J connectivity index is 1.76. The molecule has 0 bridgehead atoms. The summed E-state index contributed by atoms with van der Waals surface area (Å²) < 4.78 is 20.9. The van der Waals surface area contributed by atoms with Crippen molar-refractivity contribution in [2.24, 2.45) is 0 Å². The lowest BCUT2D eigenvalue weighted by molar-refractivity contribution is 0.282. The first-order valence-electron chi connectivity index (χ1n) is 7.78. The molecular formula is C19H21FN2O. The summed E-state index contributed by atoms with van der Waals surface area (Å²) in [6.45, 7) is 1.73. The van der Waals surface area contributed by atoms with E-state index < -0.39 is 0 Å². The molecule has 0 aliphatic heterocycles. The Morgan fingerprint density at radius 3 is 2.57 bits per heavy atom. The van der Waals surface area contributed by atoms with Crippen molar-refractivity contribution in [2.75, 3.05) is 27.2 Å². The largest absolute Gasteiger partial charge is 0.494 e. The molecule has 0 unspecified atom stereocenters. The predicted molar refractivity (Wildman–Crippen MR) is 91.9 cm³/mol. The second-order valence-corrected chi connectivity index (χ2v) is 5.89. The van der Waals surface area contributed by atoms with E-state index >= 15 is 0 Å². The van der Waals surface area contributed by atoms with Crippen molar-refractivity contribution in [3.63, 3.8) is 0 Å². The zero-order valence-corrected chi connectivity index (χ0v) is 13.5. The van der Waals surface area contributed by atoms with Gasteiger partial charge < -0.3 is 14.2 Å². The number of ether oxygens (including phenoxy) is 1. The second-order valence-electron chi connectivity index (χ2n) is 5.89. The van der Waals surface area contributed by atoms with Gasteiger partial charge in [0.2, 0.25) is 0 Å². The summed E-state index contributed by atoms with van der Waals surface area (Å²) in [5, 5.41) is 1.11. The molecule has 3 nitrogen and oxygen atoms in total. The van der Waals surface area contributed by atoms with Crippen LogP contribution in [0, 0.1) is 5.82 Å². The monoisotopic (exact) mass is 312 g/mol. The maximum Gasteiger partial charge on any atom is 0.123 e. The maximum atomic E-state index is 13.1. The predicted octanol–water partition coefficient (Wildman–Crippen LogP) is 4.10. The molecule has 3 rings (SSSR count). The third kappa shape index (κ3) is 3.71. The lowest BCUT2D eigenvalue weighted by atomic mass is 10.2. The van der Waals surface area contributed by atoms with E-state index in [4.69, 9.17) is 4.74 Å². The molecule has 3 aromatic rings. The molecule has 0 N–H and O–H groups in total. The number of hydrogen-bond acceptors (Lipinski definition) is 2. The van der Waals surface area contributed by atoms with E-state index in [1.54, 1.807) is 12.1 Å². The van der Waals surface area contributed by atoms with Gasteiger partial charge in [-0.3, -0.25) is 0 Å². The van der Waals surface area contributed by atoms with Crippen LogP contribution in [0.15, 0.2) is 54.7 Å². The van der Waals surface area contributed by atoms with E-state index in [2.05, 4.69) is 19.0 Å². The van der Waals surface area contributed by atoms with Gasteiger partial charge >= 0.3 is 0 Å². The first kappa shape index (κ1) is 15.6. The molecule has 0 aliphatic carbocycles. The van der Waals surface area contributed by atoms with Gasteiger partial charge in [-0.05, 0) is 69.0 Å². The average molecular weight is 312 g/mol. The molecule has 0 fully saturated rings. The van der Waals surface area contributed by atoms with Crippen molar-refractivity contribution in [3.05, 3.63) is 60.5 Å². The maximum absolute atomic E-state index is 13.1. The molecule has 2 aromatic carbocycles. The molecule has 0 aliphatic rings. The van der Waals surface area contributed by atoms with Gasteiger partial charge in [-0.25, -0.2) is 4.39 Å². The summed E-state index contributed by atoms with van der Waals surface area (Å²) in [6, 6.07) is 14.6. The van der Waals surface area contributed by atoms with E-state index in [0.29, 0.717) is 6.61 Å². The minimum absolute atomic E-state index is 0.223. The average Bonchev–Trinajstić information content (AvgIpc) is 2.95. The first-order valence-corrected chi connectivity index (χ1v) is 7.78. The van der Waals surface area contributed by atoms with Gasteiger partial charge in [0.05, 0.1) is 12.1 Å². The Labute approximate surface area is 135 Å². The number of halogens is 1. The Hall–Kier alpha value is -2.33. The molecule has 0 saturated carbocycles. The van der Waals surface area contributed by atoms with E-state index in [1.165, 1.54) is 12.1 Å². The molecule has 1 aromatic heterocycles. The highest BCUT2D eigenvalue weighted by molar-refractivity contribution is 5.83. The first-order chi connectivity index (χ1) is 11.1. The lowest BCUT2D eigenvalue weighted by Crippen LogP contribution is -2.15. The number of fused-ring (bicyclic) bond motifs is 1. The Morgan fingerprint density at radius 2 is 1.83 bits per heavy atom. The lowest BCUT2D eigenvalue weighted by Gasteiger charge is -2.11. The minimum atomic E-state index is -0.223. The highest BCUT2D eigenvalue weighted by Gasteiger charge is 2.05. The molecule has 0 atom stereocenters. The van der Waals surface area contributed by atoms with Gasteiger partial charge in [0.15, 0.2) is 0 Å². The summed E-state index contributed by atoms with van der Waals surface area (Å²) in [7, 11) is 4.12. The summed E-state index contributed by atoms with van der Waals surface area (Å²) >= 11 is 0. The number of rotatable bonds is 6. The number of hydrogen-bond donors (Lipinski definition) is 0. The molecule has 120 valence electrons. The normalized spacial score (nSPS) is 11.3. The summed E-state index contributed by atoms with van der Waals surface area (Å²) in [6.07, 6.45) is 3.00. The van der Waals surface area contributed by atoms with Gasteiger partial charge in [-0.15, -0.1) is 0 Å². The van der Waals surface area contributed by atoms with Crippen molar-refractivity contribution in [2.45, 2.75) is 6.42 Å². The Bertz CT molecular complexity index is 778. The molecule has 4 heteroatoms. The number of nitrogens with zero attached hydrogens (tertiary/aromatic N) is 2. The fraction of sp³-hybridized carbons (Fsp3) is 0.263. The highest BCUT2D eigenvalue weighted by atomic mass is 19.1. The van der Waals surface area contributed by atoms with Crippen LogP contribution < -0.4 is 4.74 Å². The van der Waals surface area contributed by atoms with Crippen molar-refractivity contribution >= 4 is 10.9 Å². The van der Waals surface area contributed by atoms with Gasteiger partial charge in [-0.2, -0.15) is 0 Å². The number of aromatic nitrogens is 1. The summed E-state index contributed by atoms with van der Waals surface area (Å²) in [5.41, 5.74) is 2.03. The van der Waals surface area contributed by atoms with Gasteiger partial charge in [0.25, 0.3) is 0 Å². The smallest absolute Gasteiger partial charge is 0.123 e. The van der Waals surface area contributed by atoms with Gasteiger partial charge in [-0.1, -0.05) is 0 Å². The third-order valence-electron chi connectivity index (χ3n) is 3.78. The van der Waals surface area contributed by atoms with Crippen molar-refractivity contribution < 1.29 is 9.13 Å². The quantitative estimate of drug-likeness (QED) is 0.638. The van der Waals surface area contributed by atoms with Gasteiger partial charge in [0.1, 0.15) is 11.6 Å². The van der Waals surface area contributed by atoms with Crippen LogP contribution in [-0.4, -0.2) is 36.7 Å². The molecule has 0 spiro atoms. The minimum Gasteiger partial charge on any atom is -0.494 e. The molecule has 0 saturated heterocycles. The molecule has 0 radical (unpaired) electrons. The van der Waals surface area contributed by atoms with Crippen LogP contribution in [0.2, 0.25) is 0 Å². The van der Waals surface area contributed by atoms with Crippen LogP contribution in [0.5, 0.6) is 5.75 Å². The fourth-order valence-corrected chi connectivity index (χ4v) is 2.61. The topological polar surface area (TPSA) is 17.4 Å². The summed E-state index contributed by atoms with van der Waals surface area (Å²) in [5.74, 6) is 0.659. The third-order valence-corrected chi connectivity index (χ3v) is 3.78. The standard InChI is InChI=1S/C19H21FN2O/c1-21(2)11-3-13-23-18-8-9-19-15(14-18)10-12-22(19)17-6-4-16(20)5-7-17/h4-10,12,14H,3,11,13H2,1-2H3. The zero-order chi connectivity index (χ0) is 16.2. The van der Waals surface area contributed by atoms with Crippen LogP contribution in [0.1, 0.15) is 6.42 Å². The highest BCUT2D eigenvalue weighted by Crippen LogP contribution is 2.25. The van der Waals surface area contributed by atoms with Crippen molar-refractivity contribution in [1.29, 1.82) is 0 Å². The van der Waals surface area contributed by atoms with Gasteiger partial charge in [0, 0.05) is 23.8 Å². The van der Waals surface area contributed by atoms with Crippen LogP contribution in [0.25, 0.3) is 16.6 Å². The van der Waals surface area contributed by atoms with Crippen LogP contribution in [0.3, 0.4) is 0 Å². The van der Waals surface area contributed by atoms with Crippen molar-refractivity contribution in [3.8, 4) is 11.4 Å². The molecule has 1 heterocycles. The van der Waals surface area contributed by atoms with Crippen LogP contribution in [-0.2, 0) is 0 Å². The molecule has 23 heavy (non-hydrogen) atoms. The van der Waals surface area contributed by atoms with Crippen LogP contribution in [0.4, 0.5) is 4.39 Å². The SMILES string of the molecule is CN(C)CCCOc1ccc2c(ccn2-c2ccc(F)cc2)c1. The second kappa shape index (κ2) is 6.84. The molecule has 0 amide bonds.